The molecule has 2 heterocycles. The van der Waals surface area contributed by atoms with Crippen LogP contribution in [-0.4, -0.2) is 19.7 Å². The first-order valence-electron chi connectivity index (χ1n) is 6.10. The molecule has 0 aromatic carbocycles. The molecule has 0 bridgehead atoms. The van der Waals surface area contributed by atoms with Crippen LogP contribution < -0.4 is 11.3 Å². The zero-order valence-corrected chi connectivity index (χ0v) is 11.7. The van der Waals surface area contributed by atoms with Crippen LogP contribution in [0.1, 0.15) is 29.9 Å². The molecule has 0 saturated carbocycles. The molecular formula is C12H17ClN6. The lowest BCUT2D eigenvalue weighted by molar-refractivity contribution is 0.514. The Balaban J connectivity index is 2.29. The fourth-order valence-electron chi connectivity index (χ4n) is 2.02. The minimum absolute atomic E-state index is 0.0971. The number of hydrogen-bond acceptors (Lipinski definition) is 5. The molecular weight excluding hydrogens is 264 g/mol. The summed E-state index contributed by atoms with van der Waals surface area (Å²) in [5.74, 6) is 5.62. The van der Waals surface area contributed by atoms with Crippen molar-refractivity contribution >= 4 is 11.6 Å². The summed E-state index contributed by atoms with van der Waals surface area (Å²) in [5, 5.41) is 5.09. The van der Waals surface area contributed by atoms with E-state index in [1.54, 1.807) is 12.4 Å². The smallest absolute Gasteiger partial charge is 0.115 e. The number of aryl methyl sites for hydroxylation is 2. The molecule has 1 atom stereocenters. The summed E-state index contributed by atoms with van der Waals surface area (Å²) in [6.07, 6.45) is 5.61. The lowest BCUT2D eigenvalue weighted by atomic mass is 10.1. The summed E-state index contributed by atoms with van der Waals surface area (Å²) < 4.78 is 1.89. The van der Waals surface area contributed by atoms with E-state index in [0.29, 0.717) is 11.4 Å². The first kappa shape index (κ1) is 13.9. The first-order chi connectivity index (χ1) is 9.17. The van der Waals surface area contributed by atoms with Crippen LogP contribution in [0.2, 0.25) is 5.02 Å². The zero-order valence-electron chi connectivity index (χ0n) is 11.0. The fraction of sp³-hybridized carbons (Fsp3) is 0.417. The Morgan fingerprint density at radius 3 is 2.68 bits per heavy atom. The average molecular weight is 281 g/mol. The molecule has 6 nitrogen and oxygen atoms in total. The molecule has 7 heteroatoms. The van der Waals surface area contributed by atoms with E-state index < -0.39 is 0 Å². The molecule has 0 aliphatic rings. The SMILES string of the molecule is CCn1nc(C)c(Cl)c1CC(NN)c1cncnc1. The van der Waals surface area contributed by atoms with Gasteiger partial charge in [0, 0.05) is 30.9 Å². The molecule has 0 aliphatic heterocycles. The molecule has 0 aliphatic carbocycles. The molecule has 2 aromatic heterocycles. The summed E-state index contributed by atoms with van der Waals surface area (Å²) in [4.78, 5) is 8.01. The maximum Gasteiger partial charge on any atom is 0.115 e. The van der Waals surface area contributed by atoms with Crippen molar-refractivity contribution < 1.29 is 0 Å². The highest BCUT2D eigenvalue weighted by atomic mass is 35.5. The summed E-state index contributed by atoms with van der Waals surface area (Å²) >= 11 is 6.30. The number of nitrogens with one attached hydrogen (secondary N) is 1. The van der Waals surface area contributed by atoms with Gasteiger partial charge in [0.25, 0.3) is 0 Å². The van der Waals surface area contributed by atoms with Crippen molar-refractivity contribution in [1.29, 1.82) is 0 Å². The predicted octanol–water partition coefficient (Wildman–Crippen LogP) is 1.40. The molecule has 2 rings (SSSR count). The van der Waals surface area contributed by atoms with Crippen molar-refractivity contribution in [2.75, 3.05) is 0 Å². The Labute approximate surface area is 117 Å². The van der Waals surface area contributed by atoms with E-state index >= 15 is 0 Å². The maximum absolute atomic E-state index is 6.30. The average Bonchev–Trinajstić information content (AvgIpc) is 2.72. The van der Waals surface area contributed by atoms with E-state index in [4.69, 9.17) is 17.4 Å². The van der Waals surface area contributed by atoms with E-state index in [9.17, 15) is 0 Å². The lowest BCUT2D eigenvalue weighted by Gasteiger charge is -2.16. The first-order valence-corrected chi connectivity index (χ1v) is 6.48. The second kappa shape index (κ2) is 6.10. The fourth-order valence-corrected chi connectivity index (χ4v) is 2.23. The third kappa shape index (κ3) is 2.91. The van der Waals surface area contributed by atoms with Crippen molar-refractivity contribution in [2.45, 2.75) is 32.9 Å². The summed E-state index contributed by atoms with van der Waals surface area (Å²) in [5.41, 5.74) is 5.49. The van der Waals surface area contributed by atoms with Gasteiger partial charge < -0.3 is 0 Å². The zero-order chi connectivity index (χ0) is 13.8. The van der Waals surface area contributed by atoms with E-state index in [2.05, 4.69) is 20.5 Å². The third-order valence-corrected chi connectivity index (χ3v) is 3.53. The van der Waals surface area contributed by atoms with Crippen molar-refractivity contribution in [1.82, 2.24) is 25.2 Å². The van der Waals surface area contributed by atoms with Crippen molar-refractivity contribution in [3.63, 3.8) is 0 Å². The van der Waals surface area contributed by atoms with E-state index in [-0.39, 0.29) is 6.04 Å². The van der Waals surface area contributed by atoms with Crippen molar-refractivity contribution in [3.05, 3.63) is 40.7 Å². The van der Waals surface area contributed by atoms with Crippen LogP contribution in [0, 0.1) is 6.92 Å². The van der Waals surface area contributed by atoms with Crippen molar-refractivity contribution in [3.8, 4) is 0 Å². The van der Waals surface area contributed by atoms with E-state index in [0.717, 1.165) is 23.5 Å². The molecule has 0 saturated heterocycles. The number of halogens is 1. The molecule has 1 unspecified atom stereocenters. The molecule has 0 radical (unpaired) electrons. The monoisotopic (exact) mass is 280 g/mol. The maximum atomic E-state index is 6.30. The van der Waals surface area contributed by atoms with Gasteiger partial charge in [-0.1, -0.05) is 11.6 Å². The van der Waals surface area contributed by atoms with Crippen LogP contribution in [-0.2, 0) is 13.0 Å². The van der Waals surface area contributed by atoms with Gasteiger partial charge >= 0.3 is 0 Å². The van der Waals surface area contributed by atoms with E-state index in [1.165, 1.54) is 6.33 Å². The largest absolute Gasteiger partial charge is 0.271 e. The number of hydrazine groups is 1. The molecule has 19 heavy (non-hydrogen) atoms. The highest BCUT2D eigenvalue weighted by Crippen LogP contribution is 2.25. The second-order valence-electron chi connectivity index (χ2n) is 4.26. The lowest BCUT2D eigenvalue weighted by Crippen LogP contribution is -2.30. The quantitative estimate of drug-likeness (QED) is 0.639. The van der Waals surface area contributed by atoms with Gasteiger partial charge in [0.15, 0.2) is 0 Å². The third-order valence-electron chi connectivity index (χ3n) is 3.03. The van der Waals surface area contributed by atoms with Gasteiger partial charge in [-0.3, -0.25) is 16.0 Å². The highest BCUT2D eigenvalue weighted by Gasteiger charge is 2.18. The Kier molecular flexibility index (Phi) is 4.47. The van der Waals surface area contributed by atoms with Crippen LogP contribution in [0.4, 0.5) is 0 Å². The minimum Gasteiger partial charge on any atom is -0.271 e. The van der Waals surface area contributed by atoms with Crippen LogP contribution in [0.5, 0.6) is 0 Å². The van der Waals surface area contributed by atoms with Crippen LogP contribution in [0.25, 0.3) is 0 Å². The topological polar surface area (TPSA) is 81.7 Å². The summed E-state index contributed by atoms with van der Waals surface area (Å²) in [6.45, 7) is 4.70. The highest BCUT2D eigenvalue weighted by molar-refractivity contribution is 6.31. The Morgan fingerprint density at radius 1 is 1.42 bits per heavy atom. The summed E-state index contributed by atoms with van der Waals surface area (Å²) in [7, 11) is 0. The molecule has 2 aromatic rings. The Bertz CT molecular complexity index is 539. The van der Waals surface area contributed by atoms with Crippen molar-refractivity contribution in [2.24, 2.45) is 5.84 Å². The van der Waals surface area contributed by atoms with Gasteiger partial charge in [-0.15, -0.1) is 0 Å². The Hall–Kier alpha value is -1.50. The Morgan fingerprint density at radius 2 is 2.11 bits per heavy atom. The standard InChI is InChI=1S/C12H17ClN6/c1-3-19-11(12(13)8(2)18-19)4-10(17-14)9-5-15-7-16-6-9/h5-7,10,17H,3-4,14H2,1-2H3. The number of nitrogens with two attached hydrogens (primary N) is 1. The normalized spacial score (nSPS) is 12.6. The number of hydrogen-bond donors (Lipinski definition) is 2. The van der Waals surface area contributed by atoms with Gasteiger partial charge in [0.2, 0.25) is 0 Å². The van der Waals surface area contributed by atoms with Crippen LogP contribution in [0.3, 0.4) is 0 Å². The van der Waals surface area contributed by atoms with Gasteiger partial charge in [-0.25, -0.2) is 9.97 Å². The molecule has 0 fully saturated rings. The molecule has 0 spiro atoms. The number of aromatic nitrogens is 4. The minimum atomic E-state index is -0.0971. The van der Waals surface area contributed by atoms with Gasteiger partial charge in [0.1, 0.15) is 6.33 Å². The second-order valence-corrected chi connectivity index (χ2v) is 4.64. The van der Waals surface area contributed by atoms with Gasteiger partial charge in [-0.05, 0) is 13.8 Å². The van der Waals surface area contributed by atoms with Gasteiger partial charge in [0.05, 0.1) is 22.5 Å². The summed E-state index contributed by atoms with van der Waals surface area (Å²) in [6, 6.07) is -0.0971. The number of nitrogens with zero attached hydrogens (tertiary/aromatic N) is 4. The van der Waals surface area contributed by atoms with Gasteiger partial charge in [-0.2, -0.15) is 5.10 Å². The predicted molar refractivity (Wildman–Crippen MR) is 73.4 cm³/mol. The molecule has 3 N–H and O–H groups in total. The molecule has 0 amide bonds. The van der Waals surface area contributed by atoms with Crippen LogP contribution >= 0.6 is 11.6 Å². The number of rotatable bonds is 5. The van der Waals surface area contributed by atoms with Crippen LogP contribution in [0.15, 0.2) is 18.7 Å². The molecule has 102 valence electrons. The van der Waals surface area contributed by atoms with E-state index in [1.807, 2.05) is 18.5 Å².